The fourth-order valence-electron chi connectivity index (χ4n) is 1.20. The van der Waals surface area contributed by atoms with Crippen molar-refractivity contribution in [1.29, 1.82) is 0 Å². The molecule has 78 valence electrons. The van der Waals surface area contributed by atoms with E-state index in [1.807, 2.05) is 6.92 Å². The molecule has 0 aromatic heterocycles. The summed E-state index contributed by atoms with van der Waals surface area (Å²) in [6.07, 6.45) is 5.58. The van der Waals surface area contributed by atoms with Crippen molar-refractivity contribution in [2.45, 2.75) is 52.9 Å². The number of amides is 1. The molecule has 2 heteroatoms. The highest BCUT2D eigenvalue weighted by molar-refractivity contribution is 5.78. The van der Waals surface area contributed by atoms with Crippen molar-refractivity contribution in [3.8, 4) is 0 Å². The first-order chi connectivity index (χ1) is 6.22. The summed E-state index contributed by atoms with van der Waals surface area (Å²) < 4.78 is 0. The van der Waals surface area contributed by atoms with E-state index in [1.54, 1.807) is 0 Å². The molecule has 1 amide bonds. The van der Waals surface area contributed by atoms with Gasteiger partial charge in [-0.3, -0.25) is 4.79 Å². The van der Waals surface area contributed by atoms with Gasteiger partial charge in [-0.1, -0.05) is 40.0 Å². The van der Waals surface area contributed by atoms with Gasteiger partial charge in [0, 0.05) is 12.5 Å². The van der Waals surface area contributed by atoms with E-state index in [9.17, 15) is 4.79 Å². The minimum absolute atomic E-state index is 0.191. The van der Waals surface area contributed by atoms with Crippen LogP contribution in [-0.2, 0) is 4.79 Å². The lowest BCUT2D eigenvalue weighted by molar-refractivity contribution is -0.124. The molecule has 0 unspecified atom stereocenters. The molecule has 0 aromatic rings. The van der Waals surface area contributed by atoms with E-state index >= 15 is 0 Å². The molecule has 1 atom stereocenters. The molecule has 0 saturated carbocycles. The smallest absolute Gasteiger partial charge is 0.222 e. The summed E-state index contributed by atoms with van der Waals surface area (Å²) in [6.45, 7) is 7.14. The minimum atomic E-state index is 0.191. The van der Waals surface area contributed by atoms with Crippen LogP contribution in [-0.4, -0.2) is 12.5 Å². The van der Waals surface area contributed by atoms with E-state index in [4.69, 9.17) is 0 Å². The Balaban J connectivity index is 3.45. The van der Waals surface area contributed by atoms with Crippen molar-refractivity contribution in [2.75, 3.05) is 6.54 Å². The van der Waals surface area contributed by atoms with E-state index in [1.165, 1.54) is 6.42 Å². The monoisotopic (exact) mass is 185 g/mol. The minimum Gasteiger partial charge on any atom is -0.356 e. The van der Waals surface area contributed by atoms with E-state index < -0.39 is 0 Å². The summed E-state index contributed by atoms with van der Waals surface area (Å²) in [5.74, 6) is 0.415. The Morgan fingerprint density at radius 2 is 1.85 bits per heavy atom. The zero-order valence-electron chi connectivity index (χ0n) is 9.23. The van der Waals surface area contributed by atoms with Gasteiger partial charge in [0.2, 0.25) is 5.91 Å². The summed E-state index contributed by atoms with van der Waals surface area (Å²) in [5.41, 5.74) is 0. The van der Waals surface area contributed by atoms with Crippen LogP contribution in [0.1, 0.15) is 52.9 Å². The molecule has 0 heterocycles. The highest BCUT2D eigenvalue weighted by Gasteiger charge is 2.10. The predicted molar refractivity (Wildman–Crippen MR) is 56.6 cm³/mol. The molecule has 0 spiro atoms. The van der Waals surface area contributed by atoms with E-state index in [-0.39, 0.29) is 11.8 Å². The molecule has 0 rings (SSSR count). The fraction of sp³-hybridized carbons (Fsp3) is 0.909. The number of carbonyl (C=O) groups excluding carboxylic acids is 1. The molecule has 0 bridgehead atoms. The number of rotatable bonds is 7. The molecule has 0 aliphatic carbocycles. The maximum atomic E-state index is 11.4. The van der Waals surface area contributed by atoms with Gasteiger partial charge in [0.25, 0.3) is 0 Å². The van der Waals surface area contributed by atoms with Gasteiger partial charge in [-0.25, -0.2) is 0 Å². The van der Waals surface area contributed by atoms with Crippen LogP contribution in [0.25, 0.3) is 0 Å². The molecular weight excluding hydrogens is 162 g/mol. The van der Waals surface area contributed by atoms with Crippen molar-refractivity contribution in [1.82, 2.24) is 5.32 Å². The average molecular weight is 185 g/mol. The third kappa shape index (κ3) is 6.62. The van der Waals surface area contributed by atoms with Crippen LogP contribution in [0.2, 0.25) is 0 Å². The SMILES string of the molecule is CCCCNC(=O)[C@H](C)CCCC. The zero-order valence-corrected chi connectivity index (χ0v) is 9.23. The molecular formula is C11H23NO. The Bertz CT molecular complexity index is 134. The largest absolute Gasteiger partial charge is 0.356 e. The Morgan fingerprint density at radius 1 is 1.23 bits per heavy atom. The third-order valence-corrected chi connectivity index (χ3v) is 2.27. The van der Waals surface area contributed by atoms with Crippen LogP contribution >= 0.6 is 0 Å². The Morgan fingerprint density at radius 3 is 2.38 bits per heavy atom. The molecule has 0 aliphatic rings. The van der Waals surface area contributed by atoms with Crippen molar-refractivity contribution < 1.29 is 4.79 Å². The van der Waals surface area contributed by atoms with Crippen LogP contribution in [0.3, 0.4) is 0 Å². The van der Waals surface area contributed by atoms with Crippen molar-refractivity contribution in [3.05, 3.63) is 0 Å². The van der Waals surface area contributed by atoms with Crippen molar-refractivity contribution in [2.24, 2.45) is 5.92 Å². The Kier molecular flexibility index (Phi) is 7.76. The van der Waals surface area contributed by atoms with Gasteiger partial charge in [0.05, 0.1) is 0 Å². The predicted octanol–water partition coefficient (Wildman–Crippen LogP) is 2.73. The fourth-order valence-corrected chi connectivity index (χ4v) is 1.20. The number of nitrogens with one attached hydrogen (secondary N) is 1. The highest BCUT2D eigenvalue weighted by atomic mass is 16.1. The van der Waals surface area contributed by atoms with Crippen LogP contribution in [0.4, 0.5) is 0 Å². The third-order valence-electron chi connectivity index (χ3n) is 2.27. The zero-order chi connectivity index (χ0) is 10.1. The van der Waals surface area contributed by atoms with Gasteiger partial charge in [-0.05, 0) is 12.8 Å². The number of unbranched alkanes of at least 4 members (excludes halogenated alkanes) is 2. The summed E-state index contributed by atoms with van der Waals surface area (Å²) >= 11 is 0. The van der Waals surface area contributed by atoms with Gasteiger partial charge >= 0.3 is 0 Å². The molecule has 0 radical (unpaired) electrons. The molecule has 0 aliphatic heterocycles. The lowest BCUT2D eigenvalue weighted by Gasteiger charge is -2.10. The summed E-state index contributed by atoms with van der Waals surface area (Å²) in [5, 5.41) is 2.95. The summed E-state index contributed by atoms with van der Waals surface area (Å²) in [6, 6.07) is 0. The van der Waals surface area contributed by atoms with Gasteiger partial charge in [-0.15, -0.1) is 0 Å². The first-order valence-electron chi connectivity index (χ1n) is 5.50. The Labute approximate surface area is 82.1 Å². The summed E-state index contributed by atoms with van der Waals surface area (Å²) in [7, 11) is 0. The van der Waals surface area contributed by atoms with Gasteiger partial charge < -0.3 is 5.32 Å². The van der Waals surface area contributed by atoms with Crippen molar-refractivity contribution in [3.63, 3.8) is 0 Å². The second-order valence-corrected chi connectivity index (χ2v) is 3.69. The maximum absolute atomic E-state index is 11.4. The van der Waals surface area contributed by atoms with Crippen molar-refractivity contribution >= 4 is 5.91 Å². The first-order valence-corrected chi connectivity index (χ1v) is 5.50. The molecule has 13 heavy (non-hydrogen) atoms. The molecule has 0 fully saturated rings. The molecule has 0 aromatic carbocycles. The lowest BCUT2D eigenvalue weighted by Crippen LogP contribution is -2.29. The maximum Gasteiger partial charge on any atom is 0.222 e. The molecule has 1 N–H and O–H groups in total. The van der Waals surface area contributed by atoms with Gasteiger partial charge in [-0.2, -0.15) is 0 Å². The topological polar surface area (TPSA) is 29.1 Å². The van der Waals surface area contributed by atoms with E-state index in [0.29, 0.717) is 0 Å². The first kappa shape index (κ1) is 12.5. The van der Waals surface area contributed by atoms with Gasteiger partial charge in [0.1, 0.15) is 0 Å². The number of hydrogen-bond donors (Lipinski definition) is 1. The number of hydrogen-bond acceptors (Lipinski definition) is 1. The highest BCUT2D eigenvalue weighted by Crippen LogP contribution is 2.07. The lowest BCUT2D eigenvalue weighted by atomic mass is 10.0. The van der Waals surface area contributed by atoms with Gasteiger partial charge in [0.15, 0.2) is 0 Å². The van der Waals surface area contributed by atoms with Crippen LogP contribution in [0, 0.1) is 5.92 Å². The molecule has 2 nitrogen and oxygen atoms in total. The second-order valence-electron chi connectivity index (χ2n) is 3.69. The quantitative estimate of drug-likeness (QED) is 0.607. The normalized spacial score (nSPS) is 12.5. The van der Waals surface area contributed by atoms with Crippen LogP contribution in [0.5, 0.6) is 0 Å². The molecule has 0 saturated heterocycles. The second kappa shape index (κ2) is 8.09. The summed E-state index contributed by atoms with van der Waals surface area (Å²) in [4.78, 5) is 11.4. The average Bonchev–Trinajstić information content (AvgIpc) is 2.14. The van der Waals surface area contributed by atoms with Crippen LogP contribution < -0.4 is 5.32 Å². The number of carbonyl (C=O) groups is 1. The van der Waals surface area contributed by atoms with Crippen LogP contribution in [0.15, 0.2) is 0 Å². The van der Waals surface area contributed by atoms with E-state index in [0.717, 1.165) is 32.2 Å². The standard InChI is InChI=1S/C11H23NO/c1-4-6-8-10(3)11(13)12-9-7-5-2/h10H,4-9H2,1-3H3,(H,12,13)/t10-/m1/s1. The Hall–Kier alpha value is -0.530. The van der Waals surface area contributed by atoms with E-state index in [2.05, 4.69) is 19.2 Å².